The Morgan fingerprint density at radius 1 is 1.33 bits per heavy atom. The number of aromatic nitrogens is 1. The van der Waals surface area contributed by atoms with Crippen molar-refractivity contribution in [3.8, 4) is 0 Å². The summed E-state index contributed by atoms with van der Waals surface area (Å²) >= 11 is 0. The van der Waals surface area contributed by atoms with Crippen molar-refractivity contribution < 1.29 is 4.79 Å². The fourth-order valence-electron chi connectivity index (χ4n) is 2.59. The number of amides is 1. The Morgan fingerprint density at radius 3 is 2.90 bits per heavy atom. The summed E-state index contributed by atoms with van der Waals surface area (Å²) in [4.78, 5) is 18.6. The smallest absolute Gasteiger partial charge is 0.242 e. The number of nitrogens with one attached hydrogen (secondary N) is 2. The van der Waals surface area contributed by atoms with Crippen LogP contribution in [0.3, 0.4) is 0 Å². The molecule has 2 N–H and O–H groups in total. The molecular formula is C16H20N4O. The van der Waals surface area contributed by atoms with Crippen LogP contribution < -0.4 is 10.6 Å². The quantitative estimate of drug-likeness (QED) is 0.894. The fraction of sp³-hybridized carbons (Fsp3) is 0.375. The molecular weight excluding hydrogens is 264 g/mol. The highest BCUT2D eigenvalue weighted by Crippen LogP contribution is 2.19. The largest absolute Gasteiger partial charge is 0.361 e. The molecule has 3 rings (SSSR count). The highest BCUT2D eigenvalue weighted by molar-refractivity contribution is 5.84. The molecule has 0 unspecified atom stereocenters. The van der Waals surface area contributed by atoms with Crippen molar-refractivity contribution in [3.63, 3.8) is 0 Å². The molecule has 1 aromatic carbocycles. The molecule has 0 spiro atoms. The minimum Gasteiger partial charge on any atom is -0.361 e. The zero-order chi connectivity index (χ0) is 14.7. The van der Waals surface area contributed by atoms with E-state index in [9.17, 15) is 4.79 Å². The minimum absolute atomic E-state index is 0.130. The van der Waals surface area contributed by atoms with E-state index >= 15 is 0 Å². The van der Waals surface area contributed by atoms with Crippen molar-refractivity contribution in [2.75, 3.05) is 38.0 Å². The third-order valence-electron chi connectivity index (χ3n) is 3.79. The molecule has 1 aliphatic rings. The molecule has 0 atom stereocenters. The summed E-state index contributed by atoms with van der Waals surface area (Å²) in [6.45, 7) is 5.62. The van der Waals surface area contributed by atoms with Crippen LogP contribution in [0.25, 0.3) is 10.9 Å². The van der Waals surface area contributed by atoms with E-state index in [2.05, 4.69) is 21.7 Å². The van der Waals surface area contributed by atoms with Gasteiger partial charge < -0.3 is 15.5 Å². The van der Waals surface area contributed by atoms with E-state index in [0.29, 0.717) is 6.54 Å². The summed E-state index contributed by atoms with van der Waals surface area (Å²) in [5.41, 5.74) is 2.00. The van der Waals surface area contributed by atoms with Gasteiger partial charge in [0.25, 0.3) is 0 Å². The first kappa shape index (κ1) is 13.8. The summed E-state index contributed by atoms with van der Waals surface area (Å²) < 4.78 is 0. The summed E-state index contributed by atoms with van der Waals surface area (Å²) in [5, 5.41) is 7.54. The van der Waals surface area contributed by atoms with Crippen molar-refractivity contribution in [2.45, 2.75) is 6.92 Å². The Morgan fingerprint density at radius 2 is 2.10 bits per heavy atom. The molecule has 2 heterocycles. The van der Waals surface area contributed by atoms with Crippen LogP contribution in [0, 0.1) is 6.92 Å². The molecule has 21 heavy (non-hydrogen) atoms. The van der Waals surface area contributed by atoms with Gasteiger partial charge in [-0.25, -0.2) is 4.98 Å². The van der Waals surface area contributed by atoms with E-state index in [0.717, 1.165) is 48.5 Å². The highest BCUT2D eigenvalue weighted by Gasteiger charge is 2.16. The van der Waals surface area contributed by atoms with Gasteiger partial charge >= 0.3 is 0 Å². The lowest BCUT2D eigenvalue weighted by atomic mass is 10.1. The van der Waals surface area contributed by atoms with Gasteiger partial charge in [-0.15, -0.1) is 0 Å². The van der Waals surface area contributed by atoms with Gasteiger partial charge in [-0.1, -0.05) is 18.2 Å². The summed E-state index contributed by atoms with van der Waals surface area (Å²) in [5.74, 6) is 0.919. The van der Waals surface area contributed by atoms with E-state index in [-0.39, 0.29) is 5.91 Å². The van der Waals surface area contributed by atoms with E-state index in [1.165, 1.54) is 0 Å². The monoisotopic (exact) mass is 284 g/mol. The maximum Gasteiger partial charge on any atom is 0.242 e. The van der Waals surface area contributed by atoms with Crippen molar-refractivity contribution in [1.82, 2.24) is 15.2 Å². The first-order valence-electron chi connectivity index (χ1n) is 7.33. The summed E-state index contributed by atoms with van der Waals surface area (Å²) in [6, 6.07) is 10.1. The molecule has 0 radical (unpaired) electrons. The number of carbonyl (C=O) groups excluding carboxylic acids is 1. The Kier molecular flexibility index (Phi) is 4.01. The number of para-hydroxylation sites is 1. The van der Waals surface area contributed by atoms with Gasteiger partial charge in [0.05, 0.1) is 12.1 Å². The molecule has 1 aromatic heterocycles. The lowest BCUT2D eigenvalue weighted by molar-refractivity contribution is -0.129. The SMILES string of the molecule is Cc1cc2ccccc2nc1NCC(=O)N1CCNCC1. The normalized spacial score (nSPS) is 15.2. The number of fused-ring (bicyclic) bond motifs is 1. The molecule has 110 valence electrons. The number of benzene rings is 1. The van der Waals surface area contributed by atoms with Crippen LogP contribution in [0.4, 0.5) is 5.82 Å². The fourth-order valence-corrected chi connectivity index (χ4v) is 2.59. The second-order valence-electron chi connectivity index (χ2n) is 5.33. The number of nitrogens with zero attached hydrogens (tertiary/aromatic N) is 2. The van der Waals surface area contributed by atoms with Gasteiger partial charge in [0.1, 0.15) is 5.82 Å². The number of piperazine rings is 1. The topological polar surface area (TPSA) is 57.3 Å². The molecule has 5 heteroatoms. The van der Waals surface area contributed by atoms with Crippen molar-refractivity contribution in [3.05, 3.63) is 35.9 Å². The van der Waals surface area contributed by atoms with Gasteiger partial charge in [0.15, 0.2) is 0 Å². The lowest BCUT2D eigenvalue weighted by Crippen LogP contribution is -2.48. The highest BCUT2D eigenvalue weighted by atomic mass is 16.2. The number of rotatable bonds is 3. The van der Waals surface area contributed by atoms with Gasteiger partial charge in [-0.3, -0.25) is 4.79 Å². The number of pyridine rings is 1. The number of hydrogen-bond donors (Lipinski definition) is 2. The van der Waals surface area contributed by atoms with Crippen LogP contribution >= 0.6 is 0 Å². The number of aryl methyl sites for hydroxylation is 1. The lowest BCUT2D eigenvalue weighted by Gasteiger charge is -2.27. The first-order valence-corrected chi connectivity index (χ1v) is 7.33. The Bertz CT molecular complexity index is 650. The number of carbonyl (C=O) groups is 1. The molecule has 1 amide bonds. The van der Waals surface area contributed by atoms with Crippen molar-refractivity contribution in [2.24, 2.45) is 0 Å². The van der Waals surface area contributed by atoms with Crippen LogP contribution in [0.2, 0.25) is 0 Å². The molecule has 5 nitrogen and oxygen atoms in total. The molecule has 1 aliphatic heterocycles. The zero-order valence-electron chi connectivity index (χ0n) is 12.2. The molecule has 0 aliphatic carbocycles. The predicted octanol–water partition coefficient (Wildman–Crippen LogP) is 1.39. The summed E-state index contributed by atoms with van der Waals surface area (Å²) in [7, 11) is 0. The van der Waals surface area contributed by atoms with Crippen LogP contribution in [-0.4, -0.2) is 48.5 Å². The van der Waals surface area contributed by atoms with Crippen molar-refractivity contribution in [1.29, 1.82) is 0 Å². The molecule has 0 bridgehead atoms. The Hall–Kier alpha value is -2.14. The van der Waals surface area contributed by atoms with Gasteiger partial charge in [0, 0.05) is 31.6 Å². The van der Waals surface area contributed by atoms with Crippen molar-refractivity contribution >= 4 is 22.6 Å². The van der Waals surface area contributed by atoms with Crippen LogP contribution in [0.5, 0.6) is 0 Å². The Labute approximate surface area is 124 Å². The minimum atomic E-state index is 0.130. The molecule has 2 aromatic rings. The van der Waals surface area contributed by atoms with Crippen LogP contribution in [0.1, 0.15) is 5.56 Å². The number of anilines is 1. The number of hydrogen-bond acceptors (Lipinski definition) is 4. The summed E-state index contributed by atoms with van der Waals surface area (Å²) in [6.07, 6.45) is 0. The van der Waals surface area contributed by atoms with Gasteiger partial charge in [0.2, 0.25) is 5.91 Å². The third kappa shape index (κ3) is 3.13. The standard InChI is InChI=1S/C16H20N4O/c1-12-10-13-4-2-3-5-14(13)19-16(12)18-11-15(21)20-8-6-17-7-9-20/h2-5,10,17H,6-9,11H2,1H3,(H,18,19). The van der Waals surface area contributed by atoms with E-state index < -0.39 is 0 Å². The van der Waals surface area contributed by atoms with Gasteiger partial charge in [-0.2, -0.15) is 0 Å². The van der Waals surface area contributed by atoms with Crippen LogP contribution in [-0.2, 0) is 4.79 Å². The third-order valence-corrected chi connectivity index (χ3v) is 3.79. The van der Waals surface area contributed by atoms with E-state index in [1.54, 1.807) is 0 Å². The molecule has 1 fully saturated rings. The second-order valence-corrected chi connectivity index (χ2v) is 5.33. The maximum atomic E-state index is 12.2. The average Bonchev–Trinajstić information content (AvgIpc) is 2.53. The Balaban J connectivity index is 1.69. The van der Waals surface area contributed by atoms with E-state index in [4.69, 9.17) is 0 Å². The first-order chi connectivity index (χ1) is 10.2. The average molecular weight is 284 g/mol. The van der Waals surface area contributed by atoms with E-state index in [1.807, 2.05) is 36.1 Å². The maximum absolute atomic E-state index is 12.2. The molecule has 1 saturated heterocycles. The molecule has 0 saturated carbocycles. The van der Waals surface area contributed by atoms with Crippen LogP contribution in [0.15, 0.2) is 30.3 Å². The predicted molar refractivity (Wildman–Crippen MR) is 84.4 cm³/mol. The van der Waals surface area contributed by atoms with Gasteiger partial charge in [-0.05, 0) is 24.6 Å². The zero-order valence-corrected chi connectivity index (χ0v) is 12.2. The second kappa shape index (κ2) is 6.10.